The number of rotatable bonds is 2. The molecule has 3 heterocycles. The van der Waals surface area contributed by atoms with Crippen molar-refractivity contribution >= 4 is 39.0 Å². The van der Waals surface area contributed by atoms with Crippen LogP contribution >= 0.6 is 0 Å². The van der Waals surface area contributed by atoms with E-state index in [-0.39, 0.29) is 50.3 Å². The largest absolute Gasteiger partial charge is 0.497 e. The van der Waals surface area contributed by atoms with Crippen LogP contribution in [0.15, 0.2) is 42.0 Å². The van der Waals surface area contributed by atoms with Crippen LogP contribution in [0, 0.1) is 0 Å². The van der Waals surface area contributed by atoms with Crippen molar-refractivity contribution < 1.29 is 43.9 Å². The summed E-state index contributed by atoms with van der Waals surface area (Å²) in [5, 5.41) is 0.384. The van der Waals surface area contributed by atoms with Crippen LogP contribution in [0.25, 0.3) is 28.2 Å². The zero-order valence-electron chi connectivity index (χ0n) is 35.6. The number of amides is 2. The Bertz CT molecular complexity index is 2250. The monoisotopic (exact) mass is 618 g/mol. The van der Waals surface area contributed by atoms with Crippen LogP contribution in [0.3, 0.4) is 0 Å². The first-order valence-electron chi connectivity index (χ1n) is 19.5. The lowest BCUT2D eigenvalue weighted by molar-refractivity contribution is -0.126. The number of hydrogen-bond acceptors (Lipinski definition) is 6. The molecule has 1 N–H and O–H groups in total. The van der Waals surface area contributed by atoms with Crippen molar-refractivity contribution in [3.05, 3.63) is 58.7 Å². The molecule has 0 saturated heterocycles. The predicted octanol–water partition coefficient (Wildman–Crippen LogP) is 4.16. The van der Waals surface area contributed by atoms with Crippen molar-refractivity contribution in [3.8, 4) is 17.0 Å². The van der Waals surface area contributed by atoms with Crippen molar-refractivity contribution in [2.45, 2.75) is 44.5 Å². The fourth-order valence-electron chi connectivity index (χ4n) is 5.52. The molecule has 2 amide bonds. The number of likely N-dealkylation sites (N-methyl/N-ethyl adjacent to an activating group) is 2. The lowest BCUT2D eigenvalue weighted by Crippen LogP contribution is -2.42. The van der Waals surface area contributed by atoms with E-state index in [0.29, 0.717) is 42.2 Å². The number of benzene rings is 2. The number of nitrogens with zero attached hydrogens (tertiary/aromatic N) is 3. The fraction of sp³-hybridized carbons (Fsp3) is 0.438. The standard InChI is InChI=1S/C32H38N4O6S/c1-34-13-15-42-16-14-35(2)43(39,40)33-31(37)22-9-11-27-28(19-22)36-20-24(32(34)38)17-23-18-25(41-3)10-12-26(23)30(36)29(27)21-7-5-4-6-8-21/h9-12,17-19,21H,4-8,13-16,20H2,1-3H3,(H,33,37)/i4D2,13D2,14D2,15D2,16D2,20D2. The zero-order chi connectivity index (χ0) is 41.1. The van der Waals surface area contributed by atoms with Crippen molar-refractivity contribution in [1.29, 1.82) is 0 Å². The number of hydrogen-bond donors (Lipinski definition) is 1. The average molecular weight is 619 g/mol. The average Bonchev–Trinajstić information content (AvgIpc) is 3.38. The Morgan fingerprint density at radius 2 is 1.81 bits per heavy atom. The molecular formula is C32H38N4O6S. The maximum Gasteiger partial charge on any atom is 0.303 e. The van der Waals surface area contributed by atoms with Gasteiger partial charge in [-0.2, -0.15) is 12.7 Å². The van der Waals surface area contributed by atoms with Gasteiger partial charge in [0, 0.05) is 60.2 Å². The van der Waals surface area contributed by atoms with Crippen LogP contribution in [-0.4, -0.2) is 81.3 Å². The predicted molar refractivity (Wildman–Crippen MR) is 165 cm³/mol. The summed E-state index contributed by atoms with van der Waals surface area (Å²) >= 11 is 0. The van der Waals surface area contributed by atoms with E-state index >= 15 is 0 Å². The summed E-state index contributed by atoms with van der Waals surface area (Å²) in [6.07, 6.45) is 0.727. The van der Waals surface area contributed by atoms with Gasteiger partial charge in [-0.3, -0.25) is 9.59 Å². The number of ether oxygens (including phenoxy) is 2. The number of carbonyl (C=O) groups excluding carboxylic acids is 2. The molecule has 0 atom stereocenters. The van der Waals surface area contributed by atoms with Crippen molar-refractivity contribution in [1.82, 2.24) is 18.5 Å². The maximum atomic E-state index is 14.5. The topological polar surface area (TPSA) is 110 Å². The van der Waals surface area contributed by atoms with E-state index in [4.69, 9.17) is 23.2 Å². The van der Waals surface area contributed by atoms with E-state index in [2.05, 4.69) is 0 Å². The zero-order valence-corrected chi connectivity index (χ0v) is 24.5. The molecule has 10 nitrogen and oxygen atoms in total. The molecule has 11 heteroatoms. The molecule has 1 saturated carbocycles. The highest BCUT2D eigenvalue weighted by molar-refractivity contribution is 7.87. The molecule has 1 aliphatic carbocycles. The van der Waals surface area contributed by atoms with Gasteiger partial charge in [-0.15, -0.1) is 0 Å². The van der Waals surface area contributed by atoms with Crippen LogP contribution in [0.2, 0.25) is 0 Å². The number of fused-ring (bicyclic) bond motifs is 4. The second-order valence-corrected chi connectivity index (χ2v) is 12.0. The molecule has 2 aromatic carbocycles. The lowest BCUT2D eigenvalue weighted by atomic mass is 9.81. The normalized spacial score (nSPS) is 31.6. The number of methoxy groups -OCH3 is 1. The molecule has 4 bridgehead atoms. The van der Waals surface area contributed by atoms with Gasteiger partial charge in [-0.1, -0.05) is 25.3 Å². The third-order valence-corrected chi connectivity index (χ3v) is 8.95. The first-order chi connectivity index (χ1) is 25.1. The van der Waals surface area contributed by atoms with Gasteiger partial charge in [-0.05, 0) is 66.3 Å². The summed E-state index contributed by atoms with van der Waals surface area (Å²) < 4.78 is 143. The van der Waals surface area contributed by atoms with E-state index in [0.717, 1.165) is 17.7 Å². The van der Waals surface area contributed by atoms with Gasteiger partial charge in [-0.25, -0.2) is 4.72 Å². The summed E-state index contributed by atoms with van der Waals surface area (Å²) in [6, 6.07) is 8.63. The second-order valence-electron chi connectivity index (χ2n) is 10.3. The number of nitrogens with one attached hydrogen (secondary N) is 1. The highest BCUT2D eigenvalue weighted by Crippen LogP contribution is 2.47. The van der Waals surface area contributed by atoms with E-state index in [9.17, 15) is 20.7 Å². The van der Waals surface area contributed by atoms with E-state index in [1.54, 1.807) is 16.9 Å². The van der Waals surface area contributed by atoms with Crippen molar-refractivity contribution in [3.63, 3.8) is 0 Å². The Morgan fingerprint density at radius 1 is 1.05 bits per heavy atom. The van der Waals surface area contributed by atoms with Crippen molar-refractivity contribution in [2.75, 3.05) is 47.3 Å². The molecule has 0 radical (unpaired) electrons. The molecule has 2 aliphatic heterocycles. The molecule has 3 aliphatic rings. The quantitative estimate of drug-likeness (QED) is 0.462. The molecule has 1 aromatic heterocycles. The van der Waals surface area contributed by atoms with Crippen LogP contribution in [0.4, 0.5) is 0 Å². The summed E-state index contributed by atoms with van der Waals surface area (Å²) in [5.74, 6) is -2.84. The molecule has 1 fully saturated rings. The minimum Gasteiger partial charge on any atom is -0.497 e. The molecule has 228 valence electrons. The van der Waals surface area contributed by atoms with E-state index in [1.807, 2.05) is 0 Å². The molecular weight excluding hydrogens is 568 g/mol. The summed E-state index contributed by atoms with van der Waals surface area (Å²) in [7, 11) is -2.59. The highest BCUT2D eigenvalue weighted by atomic mass is 32.2. The molecule has 43 heavy (non-hydrogen) atoms. The van der Waals surface area contributed by atoms with Crippen LogP contribution < -0.4 is 9.46 Å². The van der Waals surface area contributed by atoms with E-state index in [1.165, 1.54) is 31.4 Å². The fourth-order valence-corrected chi connectivity index (χ4v) is 6.17. The first-order valence-corrected chi connectivity index (χ1v) is 14.9. The summed E-state index contributed by atoms with van der Waals surface area (Å²) in [6.45, 7) is -18.4. The lowest BCUT2D eigenvalue weighted by Gasteiger charge is -2.24. The highest BCUT2D eigenvalue weighted by Gasteiger charge is 2.31. The van der Waals surface area contributed by atoms with Gasteiger partial charge in [0.05, 0.1) is 43.4 Å². The molecule has 6 rings (SSSR count). The van der Waals surface area contributed by atoms with Gasteiger partial charge in [0.15, 0.2) is 0 Å². The maximum absolute atomic E-state index is 14.5. The van der Waals surface area contributed by atoms with Gasteiger partial charge < -0.3 is 18.9 Å². The third-order valence-electron chi connectivity index (χ3n) is 7.70. The van der Waals surface area contributed by atoms with Gasteiger partial charge in [0.25, 0.3) is 11.8 Å². The van der Waals surface area contributed by atoms with Crippen molar-refractivity contribution in [2.24, 2.45) is 0 Å². The second kappa shape index (κ2) is 11.8. The van der Waals surface area contributed by atoms with Crippen LogP contribution in [0.5, 0.6) is 5.75 Å². The summed E-state index contributed by atoms with van der Waals surface area (Å²) in [4.78, 5) is 28.4. The molecule has 3 aromatic rings. The summed E-state index contributed by atoms with van der Waals surface area (Å²) in [5.41, 5.74) is 0.266. The van der Waals surface area contributed by atoms with E-state index < -0.39 is 66.6 Å². The Morgan fingerprint density at radius 3 is 2.58 bits per heavy atom. The Balaban J connectivity index is 1.72. The minimum absolute atomic E-state index is 0.00957. The minimum atomic E-state index is -5.30. The Labute approximate surface area is 269 Å². The Kier molecular flexibility index (Phi) is 4.99. The molecule has 0 unspecified atom stereocenters. The molecule has 0 spiro atoms. The Hall–Kier alpha value is -3.67. The SMILES string of the molecule is [2H]C1([2H])CCC(c2c3n4c5cc(ccc25)C(=O)NS(=O)(=O)N(C)C([2H])([2H])C([2H])([2H])OC([2H])([2H])C([2H])([2H])N(C)C(=O)C(=Cc2cc(OC)ccc2-3)C4([2H])[2H])CC1. The first kappa shape index (κ1) is 18.2. The van der Waals surface area contributed by atoms with Gasteiger partial charge >= 0.3 is 10.2 Å². The van der Waals surface area contributed by atoms with Gasteiger partial charge in [0.2, 0.25) is 0 Å². The number of aromatic nitrogens is 1. The number of carbonyl (C=O) groups is 2. The van der Waals surface area contributed by atoms with Crippen LogP contribution in [0.1, 0.15) is 75.9 Å². The van der Waals surface area contributed by atoms with Crippen LogP contribution in [-0.2, 0) is 26.2 Å². The van der Waals surface area contributed by atoms with Gasteiger partial charge in [0.1, 0.15) is 5.75 Å². The third kappa shape index (κ3) is 5.57. The smallest absolute Gasteiger partial charge is 0.303 e.